The number of fused-ring (bicyclic) bond motifs is 1. The normalized spacial score (nSPS) is 16.6. The molecule has 1 aliphatic heterocycles. The predicted molar refractivity (Wildman–Crippen MR) is 116 cm³/mol. The first-order chi connectivity index (χ1) is 13.8. The van der Waals surface area contributed by atoms with Gasteiger partial charge in [-0.15, -0.1) is 11.8 Å². The van der Waals surface area contributed by atoms with Crippen molar-refractivity contribution < 1.29 is 9.59 Å². The number of carbonyl (C=O) groups excluding carboxylic acids is 2. The zero-order valence-electron chi connectivity index (χ0n) is 16.4. The van der Waals surface area contributed by atoms with Crippen molar-refractivity contribution >= 4 is 46.1 Å². The SMILES string of the molecule is Cc1ccc(C2SCC(=O)N2NC(=O)Cn2nc(C)c3cc(C)c(Cl)cc32)cc1. The van der Waals surface area contributed by atoms with Gasteiger partial charge in [-0.25, -0.2) is 5.01 Å². The molecule has 1 fully saturated rings. The molecule has 8 heteroatoms. The highest BCUT2D eigenvalue weighted by Gasteiger charge is 2.34. The van der Waals surface area contributed by atoms with Crippen molar-refractivity contribution in [1.29, 1.82) is 0 Å². The number of carbonyl (C=O) groups is 2. The van der Waals surface area contributed by atoms with E-state index in [1.54, 1.807) is 4.68 Å². The molecule has 0 bridgehead atoms. The van der Waals surface area contributed by atoms with Crippen LogP contribution in [0.25, 0.3) is 10.9 Å². The Hall–Kier alpha value is -2.51. The zero-order chi connectivity index (χ0) is 20.7. The van der Waals surface area contributed by atoms with Crippen molar-refractivity contribution in [3.8, 4) is 0 Å². The average molecular weight is 429 g/mol. The maximum atomic E-state index is 12.7. The van der Waals surface area contributed by atoms with Gasteiger partial charge in [0.25, 0.3) is 11.8 Å². The predicted octanol–water partition coefficient (Wildman–Crippen LogP) is 3.92. The summed E-state index contributed by atoms with van der Waals surface area (Å²) >= 11 is 7.76. The Bertz CT molecular complexity index is 1110. The number of nitrogens with zero attached hydrogens (tertiary/aromatic N) is 3. The van der Waals surface area contributed by atoms with Crippen LogP contribution < -0.4 is 5.43 Å². The number of aryl methyl sites for hydroxylation is 3. The fraction of sp³-hybridized carbons (Fsp3) is 0.286. The molecule has 1 N–H and O–H groups in total. The topological polar surface area (TPSA) is 67.2 Å². The highest BCUT2D eigenvalue weighted by molar-refractivity contribution is 8.00. The Balaban J connectivity index is 1.54. The minimum Gasteiger partial charge on any atom is -0.272 e. The number of nitrogens with one attached hydrogen (secondary N) is 1. The Morgan fingerprint density at radius 3 is 2.69 bits per heavy atom. The van der Waals surface area contributed by atoms with E-state index in [0.717, 1.165) is 33.3 Å². The van der Waals surface area contributed by atoms with Crippen LogP contribution in [-0.2, 0) is 16.1 Å². The van der Waals surface area contributed by atoms with Crippen LogP contribution in [0.15, 0.2) is 36.4 Å². The summed E-state index contributed by atoms with van der Waals surface area (Å²) in [4.78, 5) is 25.1. The first-order valence-electron chi connectivity index (χ1n) is 9.26. The summed E-state index contributed by atoms with van der Waals surface area (Å²) in [6, 6.07) is 11.8. The number of rotatable bonds is 4. The Labute approximate surface area is 178 Å². The van der Waals surface area contributed by atoms with E-state index >= 15 is 0 Å². The minimum absolute atomic E-state index is 0.00120. The van der Waals surface area contributed by atoms with Crippen molar-refractivity contribution in [2.75, 3.05) is 5.75 Å². The second-order valence-electron chi connectivity index (χ2n) is 7.23. The lowest BCUT2D eigenvalue weighted by molar-refractivity contribution is -0.139. The smallest absolute Gasteiger partial charge is 0.260 e. The molecule has 3 aromatic rings. The Kier molecular flexibility index (Phi) is 5.27. The van der Waals surface area contributed by atoms with Gasteiger partial charge >= 0.3 is 0 Å². The van der Waals surface area contributed by atoms with Crippen molar-refractivity contribution in [2.45, 2.75) is 32.7 Å². The molecule has 2 amide bonds. The molecule has 150 valence electrons. The van der Waals surface area contributed by atoms with Crippen molar-refractivity contribution in [3.05, 3.63) is 63.8 Å². The number of halogens is 1. The van der Waals surface area contributed by atoms with Crippen LogP contribution in [0, 0.1) is 20.8 Å². The van der Waals surface area contributed by atoms with E-state index in [-0.39, 0.29) is 23.7 Å². The quantitative estimate of drug-likeness (QED) is 0.683. The fourth-order valence-electron chi connectivity index (χ4n) is 3.41. The molecule has 29 heavy (non-hydrogen) atoms. The number of hydrogen-bond donors (Lipinski definition) is 1. The average Bonchev–Trinajstić information content (AvgIpc) is 3.17. The lowest BCUT2D eigenvalue weighted by atomic mass is 10.1. The van der Waals surface area contributed by atoms with Gasteiger partial charge in [-0.2, -0.15) is 5.10 Å². The molecule has 1 saturated heterocycles. The van der Waals surface area contributed by atoms with E-state index in [2.05, 4.69) is 10.5 Å². The van der Waals surface area contributed by atoms with Gasteiger partial charge in [0.2, 0.25) is 0 Å². The monoisotopic (exact) mass is 428 g/mol. The molecule has 1 aliphatic rings. The molecule has 2 heterocycles. The van der Waals surface area contributed by atoms with Crippen LogP contribution in [0.1, 0.15) is 27.8 Å². The molecule has 0 radical (unpaired) electrons. The number of benzene rings is 2. The van der Waals surface area contributed by atoms with Gasteiger partial charge in [0, 0.05) is 10.4 Å². The summed E-state index contributed by atoms with van der Waals surface area (Å²) in [6.07, 6.45) is 0. The lowest BCUT2D eigenvalue weighted by Gasteiger charge is -2.24. The number of amides is 2. The van der Waals surface area contributed by atoms with Gasteiger partial charge in [0.05, 0.1) is 17.0 Å². The maximum absolute atomic E-state index is 12.7. The number of hydrazine groups is 1. The third-order valence-electron chi connectivity index (χ3n) is 4.98. The second-order valence-corrected chi connectivity index (χ2v) is 8.71. The summed E-state index contributed by atoms with van der Waals surface area (Å²) in [5.41, 5.74) is 7.49. The van der Waals surface area contributed by atoms with Gasteiger partial charge in [0.15, 0.2) is 0 Å². The highest BCUT2D eigenvalue weighted by Crippen LogP contribution is 2.37. The van der Waals surface area contributed by atoms with Crippen LogP contribution in [0.4, 0.5) is 0 Å². The zero-order valence-corrected chi connectivity index (χ0v) is 18.0. The van der Waals surface area contributed by atoms with E-state index in [1.165, 1.54) is 16.8 Å². The molecule has 4 rings (SSSR count). The number of hydrogen-bond acceptors (Lipinski definition) is 4. The van der Waals surface area contributed by atoms with Crippen molar-refractivity contribution in [2.24, 2.45) is 0 Å². The summed E-state index contributed by atoms with van der Waals surface area (Å²) < 4.78 is 1.62. The van der Waals surface area contributed by atoms with Crippen LogP contribution >= 0.6 is 23.4 Å². The van der Waals surface area contributed by atoms with Gasteiger partial charge in [0.1, 0.15) is 11.9 Å². The molecule has 0 spiro atoms. The maximum Gasteiger partial charge on any atom is 0.260 e. The summed E-state index contributed by atoms with van der Waals surface area (Å²) in [7, 11) is 0. The first kappa shape index (κ1) is 19.8. The van der Waals surface area contributed by atoms with Crippen LogP contribution in [0.3, 0.4) is 0 Å². The molecular weight excluding hydrogens is 408 g/mol. The van der Waals surface area contributed by atoms with E-state index in [4.69, 9.17) is 11.6 Å². The molecule has 1 atom stereocenters. The van der Waals surface area contributed by atoms with Gasteiger partial charge in [-0.05, 0) is 44.0 Å². The number of aromatic nitrogens is 2. The van der Waals surface area contributed by atoms with Crippen molar-refractivity contribution in [1.82, 2.24) is 20.2 Å². The number of thioether (sulfide) groups is 1. The van der Waals surface area contributed by atoms with Gasteiger partial charge in [-0.1, -0.05) is 41.4 Å². The molecule has 2 aromatic carbocycles. The Morgan fingerprint density at radius 2 is 1.97 bits per heavy atom. The fourth-order valence-corrected chi connectivity index (χ4v) is 4.68. The van der Waals surface area contributed by atoms with Crippen LogP contribution in [0.5, 0.6) is 0 Å². The van der Waals surface area contributed by atoms with E-state index < -0.39 is 0 Å². The molecule has 1 unspecified atom stereocenters. The third-order valence-corrected chi connectivity index (χ3v) is 6.60. The molecular formula is C21H21ClN4O2S. The second kappa shape index (κ2) is 7.72. The van der Waals surface area contributed by atoms with Gasteiger partial charge in [-0.3, -0.25) is 19.7 Å². The van der Waals surface area contributed by atoms with E-state index in [0.29, 0.717) is 10.8 Å². The highest BCUT2D eigenvalue weighted by atomic mass is 35.5. The molecule has 1 aromatic heterocycles. The molecule has 6 nitrogen and oxygen atoms in total. The van der Waals surface area contributed by atoms with Crippen LogP contribution in [-0.4, -0.2) is 32.4 Å². The van der Waals surface area contributed by atoms with E-state index in [9.17, 15) is 9.59 Å². The van der Waals surface area contributed by atoms with Crippen molar-refractivity contribution in [3.63, 3.8) is 0 Å². The van der Waals surface area contributed by atoms with E-state index in [1.807, 2.05) is 57.2 Å². The standard InChI is InChI=1S/C21H21ClN4O2S/c1-12-4-6-15(7-5-12)21-26(20(28)11-29-21)24-19(27)10-25-18-9-17(22)13(2)8-16(18)14(3)23-25/h4-9,21H,10-11H2,1-3H3,(H,24,27). The molecule has 0 aliphatic carbocycles. The lowest BCUT2D eigenvalue weighted by Crippen LogP contribution is -2.45. The Morgan fingerprint density at radius 1 is 1.24 bits per heavy atom. The third kappa shape index (κ3) is 3.84. The first-order valence-corrected chi connectivity index (χ1v) is 10.7. The molecule has 0 saturated carbocycles. The minimum atomic E-state index is -0.306. The van der Waals surface area contributed by atoms with Gasteiger partial charge < -0.3 is 0 Å². The largest absolute Gasteiger partial charge is 0.272 e. The summed E-state index contributed by atoms with van der Waals surface area (Å²) in [6.45, 7) is 5.85. The van der Waals surface area contributed by atoms with Crippen LogP contribution in [0.2, 0.25) is 5.02 Å². The summed E-state index contributed by atoms with van der Waals surface area (Å²) in [5.74, 6) is -0.0921. The summed E-state index contributed by atoms with van der Waals surface area (Å²) in [5, 5.41) is 7.26.